The van der Waals surface area contributed by atoms with Gasteiger partial charge in [0.25, 0.3) is 11.8 Å². The molecule has 0 spiro atoms. The van der Waals surface area contributed by atoms with Gasteiger partial charge in [-0.25, -0.2) is 4.98 Å². The average Bonchev–Trinajstić information content (AvgIpc) is 4.02. The number of fused-ring (bicyclic) bond motifs is 2. The van der Waals surface area contributed by atoms with E-state index in [1.54, 1.807) is 24.9 Å². The van der Waals surface area contributed by atoms with Crippen molar-refractivity contribution >= 4 is 58.3 Å². The van der Waals surface area contributed by atoms with Crippen LogP contribution < -0.4 is 26.2 Å². The highest BCUT2D eigenvalue weighted by molar-refractivity contribution is 6.23. The fourth-order valence-electron chi connectivity index (χ4n) is 7.58. The third-order valence-electron chi connectivity index (χ3n) is 10.8. The second-order valence-corrected chi connectivity index (χ2v) is 14.6. The van der Waals surface area contributed by atoms with Crippen LogP contribution in [0, 0.1) is 0 Å². The van der Waals surface area contributed by atoms with Crippen LogP contribution in [-0.2, 0) is 25.7 Å². The van der Waals surface area contributed by atoms with Gasteiger partial charge in [-0.1, -0.05) is 18.6 Å². The summed E-state index contributed by atoms with van der Waals surface area (Å²) in [6.45, 7) is 3.67. The number of hydrogen-bond acceptors (Lipinski definition) is 13. The molecule has 8 rings (SSSR count). The number of nitrogens with zero attached hydrogens (tertiary/aromatic N) is 7. The summed E-state index contributed by atoms with van der Waals surface area (Å²) in [5.41, 5.74) is 4.14. The molecule has 3 aliphatic heterocycles. The fourth-order valence-corrected chi connectivity index (χ4v) is 7.58. The number of furan rings is 1. The topological polar surface area (TPSA) is 216 Å². The molecule has 2 aromatic carbocycles. The van der Waals surface area contributed by atoms with Crippen LogP contribution in [0.3, 0.4) is 0 Å². The maximum Gasteiger partial charge on any atom is 0.262 e. The molecule has 18 nitrogen and oxygen atoms in total. The number of hydrogen-bond donors (Lipinski definition) is 4. The molecule has 2 saturated heterocycles. The van der Waals surface area contributed by atoms with Crippen LogP contribution in [0.2, 0.25) is 0 Å². The smallest absolute Gasteiger partial charge is 0.262 e. The van der Waals surface area contributed by atoms with Gasteiger partial charge in [-0.3, -0.25) is 43.4 Å². The molecular weight excluding hydrogens is 759 g/mol. The zero-order valence-corrected chi connectivity index (χ0v) is 32.2. The van der Waals surface area contributed by atoms with Gasteiger partial charge < -0.3 is 30.2 Å². The van der Waals surface area contributed by atoms with Gasteiger partial charge in [-0.15, -0.1) is 10.2 Å². The van der Waals surface area contributed by atoms with Crippen molar-refractivity contribution in [1.82, 2.24) is 40.0 Å². The number of unbranched alkanes of at least 4 members (excludes halogenated alkanes) is 2. The molecule has 0 aliphatic carbocycles. The number of aromatic nitrogens is 4. The van der Waals surface area contributed by atoms with Crippen LogP contribution in [0.4, 0.5) is 17.2 Å². The average molecular weight is 802 g/mol. The molecule has 0 radical (unpaired) electrons. The van der Waals surface area contributed by atoms with E-state index in [0.717, 1.165) is 65.8 Å². The fraction of sp³-hybridized carbons (Fsp3) is 0.341. The molecular formula is C41H43N11O7. The highest BCUT2D eigenvalue weighted by Crippen LogP contribution is 2.30. The van der Waals surface area contributed by atoms with Gasteiger partial charge >= 0.3 is 0 Å². The Hall–Kier alpha value is -7.11. The highest BCUT2D eigenvalue weighted by atomic mass is 16.3. The van der Waals surface area contributed by atoms with E-state index in [9.17, 15) is 28.8 Å². The first-order chi connectivity index (χ1) is 28.7. The molecule has 304 valence electrons. The number of benzene rings is 2. The van der Waals surface area contributed by atoms with Crippen LogP contribution in [0.5, 0.6) is 0 Å². The molecule has 1 unspecified atom stereocenters. The summed E-state index contributed by atoms with van der Waals surface area (Å²) in [5, 5.41) is 19.7. The monoisotopic (exact) mass is 801 g/mol. The van der Waals surface area contributed by atoms with E-state index >= 15 is 0 Å². The predicted molar refractivity (Wildman–Crippen MR) is 214 cm³/mol. The molecule has 0 saturated carbocycles. The predicted octanol–water partition coefficient (Wildman–Crippen LogP) is 2.83. The minimum atomic E-state index is -1.04. The third kappa shape index (κ3) is 8.46. The quantitative estimate of drug-likeness (QED) is 0.0886. The number of nitrogens with one attached hydrogen (secondary N) is 4. The van der Waals surface area contributed by atoms with E-state index < -0.39 is 29.7 Å². The lowest BCUT2D eigenvalue weighted by Gasteiger charge is -2.36. The summed E-state index contributed by atoms with van der Waals surface area (Å²) in [6, 6.07) is 15.5. The van der Waals surface area contributed by atoms with Gasteiger partial charge in [0.2, 0.25) is 23.6 Å². The molecule has 2 fully saturated rings. The molecule has 5 aromatic rings. The number of anilines is 3. The Morgan fingerprint density at radius 1 is 0.898 bits per heavy atom. The minimum Gasteiger partial charge on any atom is -0.467 e. The second-order valence-electron chi connectivity index (χ2n) is 14.6. The van der Waals surface area contributed by atoms with E-state index in [0.29, 0.717) is 43.9 Å². The number of piperazine rings is 1. The van der Waals surface area contributed by atoms with E-state index in [1.807, 2.05) is 33.6 Å². The Kier molecular flexibility index (Phi) is 11.3. The van der Waals surface area contributed by atoms with Crippen LogP contribution in [0.25, 0.3) is 16.9 Å². The Labute approximate surface area is 338 Å². The Morgan fingerprint density at radius 2 is 1.71 bits per heavy atom. The Bertz CT molecular complexity index is 2390. The number of carbonyl (C=O) groups excluding carboxylic acids is 6. The lowest BCUT2D eigenvalue weighted by atomic mass is 10.0. The molecule has 4 N–H and O–H groups in total. The van der Waals surface area contributed by atoms with Crippen LogP contribution in [0.15, 0.2) is 77.8 Å². The van der Waals surface area contributed by atoms with Gasteiger partial charge in [0, 0.05) is 62.5 Å². The summed E-state index contributed by atoms with van der Waals surface area (Å²) in [5.74, 6) is -0.856. The molecule has 6 heterocycles. The second kappa shape index (κ2) is 17.2. The van der Waals surface area contributed by atoms with Crippen molar-refractivity contribution in [3.63, 3.8) is 0 Å². The zero-order valence-electron chi connectivity index (χ0n) is 32.2. The first kappa shape index (κ1) is 38.7. The van der Waals surface area contributed by atoms with E-state index in [2.05, 4.69) is 53.5 Å². The molecule has 3 aromatic heterocycles. The Morgan fingerprint density at radius 3 is 2.49 bits per heavy atom. The summed E-state index contributed by atoms with van der Waals surface area (Å²) < 4.78 is 7.28. The first-order valence-corrected chi connectivity index (χ1v) is 19.7. The number of imide groups is 2. The zero-order chi connectivity index (χ0) is 40.9. The normalized spacial score (nSPS) is 16.7. The van der Waals surface area contributed by atoms with Crippen molar-refractivity contribution in [1.29, 1.82) is 0 Å². The lowest BCUT2D eigenvalue weighted by Crippen LogP contribution is -2.54. The molecule has 1 atom stereocenters. The number of amides is 6. The number of piperidine rings is 1. The van der Waals surface area contributed by atoms with Crippen molar-refractivity contribution in [2.75, 3.05) is 54.8 Å². The van der Waals surface area contributed by atoms with Crippen molar-refractivity contribution in [2.45, 2.75) is 51.1 Å². The number of rotatable bonds is 15. The summed E-state index contributed by atoms with van der Waals surface area (Å²) in [6.07, 6.45) is 7.85. The van der Waals surface area contributed by atoms with Gasteiger partial charge in [0.05, 0.1) is 36.7 Å². The SMILES string of the molecule is O=C(CNc1ccc2c(c1)C(=O)N(C1CCC(=O)NC1=O)C2=O)NCCCCCC(=O)N1CCN(c2ccc(-c3ncc(NCc4ccco4)n4cnnc34)cc2)CC1. The van der Waals surface area contributed by atoms with Gasteiger partial charge in [0.15, 0.2) is 5.65 Å². The van der Waals surface area contributed by atoms with Gasteiger partial charge in [-0.05, 0) is 61.7 Å². The van der Waals surface area contributed by atoms with Crippen molar-refractivity contribution in [3.8, 4) is 11.3 Å². The first-order valence-electron chi connectivity index (χ1n) is 19.7. The maximum absolute atomic E-state index is 13.1. The van der Waals surface area contributed by atoms with Crippen molar-refractivity contribution in [3.05, 3.63) is 90.3 Å². The van der Waals surface area contributed by atoms with Gasteiger partial charge in [0.1, 0.15) is 29.6 Å². The molecule has 0 bridgehead atoms. The standard InChI is InChI=1S/C41H43N11O7/c53-34-14-13-32(39(56)47-34)52-40(57)30-12-9-27(21-31(30)41(52)58)43-24-35(54)42-15-3-1-2-6-36(55)50-18-16-49(17-19-50)28-10-7-26(8-11-28)37-38-48-46-25-51(38)33(23-45-37)44-22-29-5-4-20-59-29/h4-5,7-12,20-21,23,25,32,43-44H,1-3,6,13-19,22,24H2,(H,42,54)(H,47,53,56). The van der Waals surface area contributed by atoms with Crippen LogP contribution >= 0.6 is 0 Å². The lowest BCUT2D eigenvalue weighted by molar-refractivity contribution is -0.136. The maximum atomic E-state index is 13.1. The highest BCUT2D eigenvalue weighted by Gasteiger charge is 2.44. The minimum absolute atomic E-state index is 0.0412. The van der Waals surface area contributed by atoms with Crippen LogP contribution in [0.1, 0.15) is 65.0 Å². The van der Waals surface area contributed by atoms with E-state index in [1.165, 1.54) is 12.1 Å². The Balaban J connectivity index is 0.718. The van der Waals surface area contributed by atoms with Crippen molar-refractivity contribution < 1.29 is 33.2 Å². The summed E-state index contributed by atoms with van der Waals surface area (Å²) in [7, 11) is 0. The van der Waals surface area contributed by atoms with Crippen LogP contribution in [-0.4, -0.2) is 110 Å². The summed E-state index contributed by atoms with van der Waals surface area (Å²) in [4.78, 5) is 85.0. The molecule has 59 heavy (non-hydrogen) atoms. The third-order valence-corrected chi connectivity index (χ3v) is 10.8. The molecule has 6 amide bonds. The number of carbonyl (C=O) groups is 6. The van der Waals surface area contributed by atoms with Gasteiger partial charge in [-0.2, -0.15) is 0 Å². The largest absolute Gasteiger partial charge is 0.467 e. The summed E-state index contributed by atoms with van der Waals surface area (Å²) >= 11 is 0. The van der Waals surface area contributed by atoms with E-state index in [4.69, 9.17) is 4.42 Å². The molecule has 3 aliphatic rings. The molecule has 18 heteroatoms. The van der Waals surface area contributed by atoms with Crippen molar-refractivity contribution in [2.24, 2.45) is 0 Å². The van der Waals surface area contributed by atoms with E-state index in [-0.39, 0.29) is 42.3 Å².